The zero-order valence-electron chi connectivity index (χ0n) is 11.5. The van der Waals surface area contributed by atoms with E-state index in [1.165, 1.54) is 32.1 Å². The van der Waals surface area contributed by atoms with Crippen LogP contribution in [-0.2, 0) is 0 Å². The molecule has 0 N–H and O–H groups in total. The quantitative estimate of drug-likeness (QED) is 0.610. The molecule has 0 radical (unpaired) electrons. The third-order valence-corrected chi connectivity index (χ3v) is 5.81. The molecule has 2 aliphatic rings. The van der Waals surface area contributed by atoms with Crippen LogP contribution in [0.25, 0.3) is 0 Å². The van der Waals surface area contributed by atoms with Gasteiger partial charge in [-0.3, -0.25) is 0 Å². The highest BCUT2D eigenvalue weighted by atomic mass is 14.4. The number of fused-ring (bicyclic) bond motifs is 1. The average Bonchev–Trinajstić information content (AvgIpc) is 2.36. The smallest absolute Gasteiger partial charge is 0.0357 e. The van der Waals surface area contributed by atoms with Crippen LogP contribution in [0.5, 0.6) is 0 Å². The lowest BCUT2D eigenvalue weighted by atomic mass is 9.61. The third kappa shape index (κ3) is 2.46. The second kappa shape index (κ2) is 5.56. The van der Waals surface area contributed by atoms with E-state index in [4.69, 9.17) is 0 Å². The summed E-state index contributed by atoms with van der Waals surface area (Å²) < 4.78 is 0. The van der Waals surface area contributed by atoms with E-state index in [1.54, 1.807) is 19.3 Å². The summed E-state index contributed by atoms with van der Waals surface area (Å²) in [6.07, 6.45) is 12.1. The van der Waals surface area contributed by atoms with Gasteiger partial charge in [0.15, 0.2) is 0 Å². The third-order valence-electron chi connectivity index (χ3n) is 5.81. The summed E-state index contributed by atoms with van der Waals surface area (Å²) in [5.41, 5.74) is 0. The van der Waals surface area contributed by atoms with Crippen LogP contribution in [0.15, 0.2) is 0 Å². The summed E-state index contributed by atoms with van der Waals surface area (Å²) in [6.45, 7) is 7.26. The Morgan fingerprint density at radius 3 is 2.56 bits per heavy atom. The second-order valence-corrected chi connectivity index (χ2v) is 6.48. The minimum Gasteiger partial charge on any atom is -0.0651 e. The maximum atomic E-state index is 2.48. The Bertz CT molecular complexity index is 208. The van der Waals surface area contributed by atoms with Crippen molar-refractivity contribution in [2.75, 3.05) is 0 Å². The highest BCUT2D eigenvalue weighted by Crippen LogP contribution is 2.48. The van der Waals surface area contributed by atoms with Crippen molar-refractivity contribution in [2.45, 2.75) is 72.1 Å². The fourth-order valence-corrected chi connectivity index (χ4v) is 4.49. The summed E-state index contributed by atoms with van der Waals surface area (Å²) >= 11 is 0. The second-order valence-electron chi connectivity index (χ2n) is 6.48. The van der Waals surface area contributed by atoms with Crippen molar-refractivity contribution < 1.29 is 0 Å². The fourth-order valence-electron chi connectivity index (χ4n) is 4.49. The first-order valence-electron chi connectivity index (χ1n) is 7.76. The van der Waals surface area contributed by atoms with Gasteiger partial charge < -0.3 is 0 Å². The van der Waals surface area contributed by atoms with Crippen LogP contribution in [0.4, 0.5) is 0 Å². The lowest BCUT2D eigenvalue weighted by Gasteiger charge is -2.45. The largest absolute Gasteiger partial charge is 0.0651 e. The topological polar surface area (TPSA) is 0 Å². The summed E-state index contributed by atoms with van der Waals surface area (Å²) in [5, 5.41) is 0. The van der Waals surface area contributed by atoms with E-state index in [9.17, 15) is 0 Å². The van der Waals surface area contributed by atoms with Crippen molar-refractivity contribution in [3.05, 3.63) is 0 Å². The molecule has 0 aromatic carbocycles. The van der Waals surface area contributed by atoms with Crippen molar-refractivity contribution >= 4 is 0 Å². The molecule has 16 heavy (non-hydrogen) atoms. The molecule has 0 aromatic rings. The molecule has 0 bridgehead atoms. The van der Waals surface area contributed by atoms with Gasteiger partial charge in [-0.25, -0.2) is 0 Å². The zero-order chi connectivity index (χ0) is 11.5. The predicted molar refractivity (Wildman–Crippen MR) is 71.4 cm³/mol. The van der Waals surface area contributed by atoms with Gasteiger partial charge in [-0.1, -0.05) is 52.9 Å². The van der Waals surface area contributed by atoms with Gasteiger partial charge in [0, 0.05) is 0 Å². The first kappa shape index (κ1) is 12.5. The summed E-state index contributed by atoms with van der Waals surface area (Å²) in [4.78, 5) is 0. The summed E-state index contributed by atoms with van der Waals surface area (Å²) in [6, 6.07) is 0. The van der Waals surface area contributed by atoms with Crippen LogP contribution in [0.1, 0.15) is 72.1 Å². The fraction of sp³-hybridized carbons (Fsp3) is 1.00. The minimum atomic E-state index is 0.975. The molecule has 0 heteroatoms. The van der Waals surface area contributed by atoms with E-state index in [0.29, 0.717) is 0 Å². The van der Waals surface area contributed by atoms with E-state index in [1.807, 2.05) is 0 Å². The van der Waals surface area contributed by atoms with E-state index in [-0.39, 0.29) is 0 Å². The molecular formula is C16H30. The molecule has 5 unspecified atom stereocenters. The molecule has 94 valence electrons. The SMILES string of the molecule is CCC(C)C1CCC2C(CC)CCCC2C1. The molecule has 2 saturated carbocycles. The van der Waals surface area contributed by atoms with Gasteiger partial charge in [0.2, 0.25) is 0 Å². The highest BCUT2D eigenvalue weighted by molar-refractivity contribution is 4.88. The maximum Gasteiger partial charge on any atom is -0.0357 e. The van der Waals surface area contributed by atoms with Crippen molar-refractivity contribution in [3.8, 4) is 0 Å². The highest BCUT2D eigenvalue weighted by Gasteiger charge is 2.37. The van der Waals surface area contributed by atoms with Crippen LogP contribution < -0.4 is 0 Å². The molecule has 0 saturated heterocycles. The predicted octanol–water partition coefficient (Wildman–Crippen LogP) is 5.28. The molecule has 0 spiro atoms. The van der Waals surface area contributed by atoms with Crippen LogP contribution in [0.3, 0.4) is 0 Å². The Hall–Kier alpha value is 0. The lowest BCUT2D eigenvalue weighted by molar-refractivity contribution is 0.0562. The zero-order valence-corrected chi connectivity index (χ0v) is 11.5. The van der Waals surface area contributed by atoms with Crippen molar-refractivity contribution in [2.24, 2.45) is 29.6 Å². The van der Waals surface area contributed by atoms with Crippen molar-refractivity contribution in [3.63, 3.8) is 0 Å². The van der Waals surface area contributed by atoms with E-state index < -0.39 is 0 Å². The lowest BCUT2D eigenvalue weighted by Crippen LogP contribution is -2.35. The van der Waals surface area contributed by atoms with Gasteiger partial charge in [-0.05, 0) is 48.9 Å². The Morgan fingerprint density at radius 2 is 1.88 bits per heavy atom. The Kier molecular flexibility index (Phi) is 4.33. The van der Waals surface area contributed by atoms with E-state index in [2.05, 4.69) is 20.8 Å². The monoisotopic (exact) mass is 222 g/mol. The molecule has 0 aromatic heterocycles. The molecule has 0 nitrogen and oxygen atoms in total. The van der Waals surface area contributed by atoms with E-state index in [0.717, 1.165) is 29.6 Å². The number of rotatable bonds is 3. The molecule has 5 atom stereocenters. The van der Waals surface area contributed by atoms with Crippen LogP contribution in [-0.4, -0.2) is 0 Å². The molecule has 0 heterocycles. The van der Waals surface area contributed by atoms with Gasteiger partial charge in [0.05, 0.1) is 0 Å². The van der Waals surface area contributed by atoms with Crippen molar-refractivity contribution in [1.82, 2.24) is 0 Å². The maximum absolute atomic E-state index is 2.48. The Balaban J connectivity index is 1.94. The van der Waals surface area contributed by atoms with Gasteiger partial charge >= 0.3 is 0 Å². The minimum absolute atomic E-state index is 0.975. The van der Waals surface area contributed by atoms with Crippen LogP contribution >= 0.6 is 0 Å². The number of hydrogen-bond acceptors (Lipinski definition) is 0. The average molecular weight is 222 g/mol. The molecule has 0 aliphatic heterocycles. The summed E-state index contributed by atoms with van der Waals surface area (Å²) in [5.74, 6) is 5.33. The van der Waals surface area contributed by atoms with Crippen LogP contribution in [0.2, 0.25) is 0 Å². The van der Waals surface area contributed by atoms with Gasteiger partial charge in [-0.15, -0.1) is 0 Å². The molecular weight excluding hydrogens is 192 g/mol. The first-order chi connectivity index (χ1) is 7.76. The normalized spacial score (nSPS) is 41.4. The molecule has 2 aliphatic carbocycles. The Morgan fingerprint density at radius 1 is 1.06 bits per heavy atom. The van der Waals surface area contributed by atoms with E-state index >= 15 is 0 Å². The molecule has 2 fully saturated rings. The Labute approximate surface area is 102 Å². The number of hydrogen-bond donors (Lipinski definition) is 0. The molecule has 0 amide bonds. The van der Waals surface area contributed by atoms with Crippen molar-refractivity contribution in [1.29, 1.82) is 0 Å². The summed E-state index contributed by atoms with van der Waals surface area (Å²) in [7, 11) is 0. The first-order valence-corrected chi connectivity index (χ1v) is 7.76. The van der Waals surface area contributed by atoms with Gasteiger partial charge in [0.1, 0.15) is 0 Å². The van der Waals surface area contributed by atoms with Gasteiger partial charge in [0.25, 0.3) is 0 Å². The molecule has 2 rings (SSSR count). The van der Waals surface area contributed by atoms with Gasteiger partial charge in [-0.2, -0.15) is 0 Å². The van der Waals surface area contributed by atoms with Crippen LogP contribution in [0, 0.1) is 29.6 Å². The standard InChI is InChI=1S/C16H30/c1-4-12(3)14-9-10-16-13(5-2)7-6-8-15(16)11-14/h12-16H,4-11H2,1-3H3.